The molecule has 0 spiro atoms. The lowest BCUT2D eigenvalue weighted by Crippen LogP contribution is -2.33. The Kier molecular flexibility index (Phi) is 3.92. The highest BCUT2D eigenvalue weighted by Crippen LogP contribution is 2.15. The summed E-state index contributed by atoms with van der Waals surface area (Å²) in [6, 6.07) is 0. The van der Waals surface area contributed by atoms with Gasteiger partial charge in [0.2, 0.25) is 5.91 Å². The van der Waals surface area contributed by atoms with Crippen LogP contribution < -0.4 is 0 Å². The lowest BCUT2D eigenvalue weighted by molar-refractivity contribution is -0.143. The molecule has 1 aliphatic heterocycles. The van der Waals surface area contributed by atoms with Crippen LogP contribution in [-0.2, 0) is 9.59 Å². The molecule has 0 aromatic rings. The molecule has 1 amide bonds. The maximum Gasteiger partial charge on any atom is 0.308 e. The largest absolute Gasteiger partial charge is 0.481 e. The molecular weight excluding hydrogens is 182 g/mol. The standard InChI is InChI=1S/C10H17NO3/c1-2-4-8(10(13)14)7-11-6-3-5-9(11)12/h8H,2-7H2,1H3,(H,13,14). The van der Waals surface area contributed by atoms with Crippen molar-refractivity contribution in [2.24, 2.45) is 5.92 Å². The Bertz CT molecular complexity index is 227. The first-order chi connectivity index (χ1) is 6.65. The van der Waals surface area contributed by atoms with Crippen LogP contribution in [0.2, 0.25) is 0 Å². The molecule has 1 saturated heterocycles. The van der Waals surface area contributed by atoms with Crippen molar-refractivity contribution in [2.75, 3.05) is 13.1 Å². The number of carboxylic acid groups (broad SMARTS) is 1. The second-order valence-corrected chi connectivity index (χ2v) is 3.77. The molecule has 1 unspecified atom stereocenters. The van der Waals surface area contributed by atoms with Gasteiger partial charge < -0.3 is 10.0 Å². The summed E-state index contributed by atoms with van der Waals surface area (Å²) >= 11 is 0. The first-order valence-corrected chi connectivity index (χ1v) is 5.15. The monoisotopic (exact) mass is 199 g/mol. The van der Waals surface area contributed by atoms with Crippen LogP contribution in [0.3, 0.4) is 0 Å². The highest BCUT2D eigenvalue weighted by Gasteiger charge is 2.26. The Morgan fingerprint density at radius 3 is 2.79 bits per heavy atom. The number of amides is 1. The van der Waals surface area contributed by atoms with Crippen molar-refractivity contribution < 1.29 is 14.7 Å². The fourth-order valence-electron chi connectivity index (χ4n) is 1.80. The molecule has 0 bridgehead atoms. The first kappa shape index (κ1) is 11.0. The lowest BCUT2D eigenvalue weighted by Gasteiger charge is -2.20. The number of aliphatic carboxylic acids is 1. The Labute approximate surface area is 83.9 Å². The van der Waals surface area contributed by atoms with Crippen LogP contribution in [0, 0.1) is 5.92 Å². The van der Waals surface area contributed by atoms with Crippen LogP contribution in [0.25, 0.3) is 0 Å². The molecule has 80 valence electrons. The maximum atomic E-state index is 11.3. The minimum Gasteiger partial charge on any atom is -0.481 e. The maximum absolute atomic E-state index is 11.3. The van der Waals surface area contributed by atoms with E-state index in [1.54, 1.807) is 4.90 Å². The molecule has 1 N–H and O–H groups in total. The molecule has 1 atom stereocenters. The van der Waals surface area contributed by atoms with E-state index in [2.05, 4.69) is 0 Å². The van der Waals surface area contributed by atoms with E-state index in [1.165, 1.54) is 0 Å². The predicted octanol–water partition coefficient (Wildman–Crippen LogP) is 1.11. The molecule has 1 heterocycles. The summed E-state index contributed by atoms with van der Waals surface area (Å²) < 4.78 is 0. The molecule has 0 aromatic heterocycles. The normalized spacial score (nSPS) is 18.6. The fraction of sp³-hybridized carbons (Fsp3) is 0.800. The van der Waals surface area contributed by atoms with E-state index in [0.29, 0.717) is 19.4 Å². The topological polar surface area (TPSA) is 57.6 Å². The van der Waals surface area contributed by atoms with Gasteiger partial charge in [0.1, 0.15) is 0 Å². The van der Waals surface area contributed by atoms with E-state index in [4.69, 9.17) is 5.11 Å². The molecule has 4 nitrogen and oxygen atoms in total. The van der Waals surface area contributed by atoms with Crippen molar-refractivity contribution >= 4 is 11.9 Å². The number of carboxylic acids is 1. The number of carbonyl (C=O) groups excluding carboxylic acids is 1. The van der Waals surface area contributed by atoms with Crippen LogP contribution in [0.1, 0.15) is 32.6 Å². The third-order valence-corrected chi connectivity index (χ3v) is 2.60. The first-order valence-electron chi connectivity index (χ1n) is 5.15. The fourth-order valence-corrected chi connectivity index (χ4v) is 1.80. The van der Waals surface area contributed by atoms with Gasteiger partial charge in [0.25, 0.3) is 0 Å². The molecule has 0 radical (unpaired) electrons. The average molecular weight is 199 g/mol. The summed E-state index contributed by atoms with van der Waals surface area (Å²) in [6.45, 7) is 3.08. The van der Waals surface area contributed by atoms with Crippen LogP contribution in [0.4, 0.5) is 0 Å². The van der Waals surface area contributed by atoms with E-state index in [1.807, 2.05) is 6.92 Å². The number of carbonyl (C=O) groups is 2. The molecule has 1 rings (SSSR count). The molecule has 0 aliphatic carbocycles. The minimum absolute atomic E-state index is 0.104. The summed E-state index contributed by atoms with van der Waals surface area (Å²) in [7, 11) is 0. The van der Waals surface area contributed by atoms with Gasteiger partial charge in [-0.1, -0.05) is 13.3 Å². The lowest BCUT2D eigenvalue weighted by atomic mass is 10.0. The van der Waals surface area contributed by atoms with Gasteiger partial charge in [-0.3, -0.25) is 9.59 Å². The minimum atomic E-state index is -0.786. The number of nitrogens with zero attached hydrogens (tertiary/aromatic N) is 1. The summed E-state index contributed by atoms with van der Waals surface area (Å²) in [4.78, 5) is 23.8. The molecule has 1 fully saturated rings. The van der Waals surface area contributed by atoms with E-state index in [0.717, 1.165) is 19.4 Å². The van der Waals surface area contributed by atoms with Gasteiger partial charge in [-0.15, -0.1) is 0 Å². The molecule has 4 heteroatoms. The van der Waals surface area contributed by atoms with Crippen molar-refractivity contribution in [2.45, 2.75) is 32.6 Å². The van der Waals surface area contributed by atoms with Gasteiger partial charge in [-0.2, -0.15) is 0 Å². The Hall–Kier alpha value is -1.06. The third-order valence-electron chi connectivity index (χ3n) is 2.60. The van der Waals surface area contributed by atoms with Gasteiger partial charge in [0.15, 0.2) is 0 Å². The summed E-state index contributed by atoms with van der Waals surface area (Å²) in [5, 5.41) is 8.91. The zero-order chi connectivity index (χ0) is 10.6. The van der Waals surface area contributed by atoms with Gasteiger partial charge in [0, 0.05) is 19.5 Å². The molecule has 0 aromatic carbocycles. The Morgan fingerprint density at radius 1 is 1.64 bits per heavy atom. The van der Waals surface area contributed by atoms with E-state index in [-0.39, 0.29) is 11.8 Å². The number of hydrogen-bond donors (Lipinski definition) is 1. The van der Waals surface area contributed by atoms with E-state index < -0.39 is 5.97 Å². The molecule has 0 saturated carbocycles. The second-order valence-electron chi connectivity index (χ2n) is 3.77. The van der Waals surface area contributed by atoms with Crippen LogP contribution >= 0.6 is 0 Å². The van der Waals surface area contributed by atoms with Gasteiger partial charge >= 0.3 is 5.97 Å². The van der Waals surface area contributed by atoms with Crippen molar-refractivity contribution in [3.05, 3.63) is 0 Å². The predicted molar refractivity (Wildman–Crippen MR) is 51.8 cm³/mol. The summed E-state index contributed by atoms with van der Waals surface area (Å²) in [5.41, 5.74) is 0. The average Bonchev–Trinajstić information content (AvgIpc) is 2.51. The van der Waals surface area contributed by atoms with Gasteiger partial charge in [-0.05, 0) is 12.8 Å². The summed E-state index contributed by atoms with van der Waals surface area (Å²) in [5.74, 6) is -1.07. The smallest absolute Gasteiger partial charge is 0.308 e. The second kappa shape index (κ2) is 4.98. The number of likely N-dealkylation sites (tertiary alicyclic amines) is 1. The highest BCUT2D eigenvalue weighted by molar-refractivity contribution is 5.79. The zero-order valence-corrected chi connectivity index (χ0v) is 8.53. The SMILES string of the molecule is CCCC(CN1CCCC1=O)C(=O)O. The Morgan fingerprint density at radius 2 is 2.36 bits per heavy atom. The van der Waals surface area contributed by atoms with Crippen LogP contribution in [-0.4, -0.2) is 35.0 Å². The van der Waals surface area contributed by atoms with Gasteiger partial charge in [0.05, 0.1) is 5.92 Å². The zero-order valence-electron chi connectivity index (χ0n) is 8.53. The van der Waals surface area contributed by atoms with Crippen molar-refractivity contribution in [1.29, 1.82) is 0 Å². The van der Waals surface area contributed by atoms with E-state index in [9.17, 15) is 9.59 Å². The van der Waals surface area contributed by atoms with Crippen LogP contribution in [0.15, 0.2) is 0 Å². The molecule has 14 heavy (non-hydrogen) atoms. The van der Waals surface area contributed by atoms with Crippen molar-refractivity contribution in [1.82, 2.24) is 4.90 Å². The van der Waals surface area contributed by atoms with E-state index >= 15 is 0 Å². The van der Waals surface area contributed by atoms with Crippen molar-refractivity contribution in [3.63, 3.8) is 0 Å². The van der Waals surface area contributed by atoms with Crippen LogP contribution in [0.5, 0.6) is 0 Å². The third kappa shape index (κ3) is 2.72. The summed E-state index contributed by atoms with van der Waals surface area (Å²) in [6.07, 6.45) is 2.95. The number of rotatable bonds is 5. The highest BCUT2D eigenvalue weighted by atomic mass is 16.4. The molecule has 1 aliphatic rings. The molecular formula is C10H17NO3. The van der Waals surface area contributed by atoms with Gasteiger partial charge in [-0.25, -0.2) is 0 Å². The van der Waals surface area contributed by atoms with Crippen molar-refractivity contribution in [3.8, 4) is 0 Å². The number of hydrogen-bond acceptors (Lipinski definition) is 2. The Balaban J connectivity index is 2.46. The quantitative estimate of drug-likeness (QED) is 0.721.